The van der Waals surface area contributed by atoms with E-state index < -0.39 is 0 Å². The maximum atomic E-state index is 13.1. The van der Waals surface area contributed by atoms with Crippen LogP contribution in [0, 0.1) is 5.92 Å². The van der Waals surface area contributed by atoms with Crippen molar-refractivity contribution in [2.45, 2.75) is 38.6 Å². The van der Waals surface area contributed by atoms with E-state index >= 15 is 0 Å². The molecule has 0 spiro atoms. The first-order chi connectivity index (χ1) is 13.6. The Bertz CT molecular complexity index is 1230. The molecule has 142 valence electrons. The lowest BCUT2D eigenvalue weighted by Crippen LogP contribution is -2.31. The highest BCUT2D eigenvalue weighted by molar-refractivity contribution is 6.30. The molecule has 1 aromatic carbocycles. The summed E-state index contributed by atoms with van der Waals surface area (Å²) in [7, 11) is 0. The van der Waals surface area contributed by atoms with Crippen LogP contribution in [0.3, 0.4) is 0 Å². The van der Waals surface area contributed by atoms with Crippen LogP contribution in [-0.4, -0.2) is 24.4 Å². The highest BCUT2D eigenvalue weighted by atomic mass is 35.5. The molecule has 3 heterocycles. The second-order valence-corrected chi connectivity index (χ2v) is 8.03. The van der Waals surface area contributed by atoms with E-state index in [1.807, 2.05) is 41.1 Å². The molecule has 0 unspecified atom stereocenters. The Morgan fingerprint density at radius 1 is 1.07 bits per heavy atom. The van der Waals surface area contributed by atoms with Gasteiger partial charge in [-0.3, -0.25) is 4.79 Å². The quantitative estimate of drug-likeness (QED) is 0.502. The zero-order chi connectivity index (χ0) is 19.3. The lowest BCUT2D eigenvalue weighted by atomic mass is 9.85. The highest BCUT2D eigenvalue weighted by Gasteiger charge is 2.25. The van der Waals surface area contributed by atoms with Gasteiger partial charge in [-0.2, -0.15) is 5.10 Å². The molecule has 1 aliphatic rings. The fourth-order valence-corrected chi connectivity index (χ4v) is 4.44. The summed E-state index contributed by atoms with van der Waals surface area (Å²) in [6.07, 6.45) is 8.23. The molecule has 28 heavy (non-hydrogen) atoms. The molecule has 5 rings (SSSR count). The van der Waals surface area contributed by atoms with Crippen molar-refractivity contribution in [3.05, 3.63) is 58.1 Å². The predicted molar refractivity (Wildman–Crippen MR) is 110 cm³/mol. The van der Waals surface area contributed by atoms with E-state index in [-0.39, 0.29) is 11.6 Å². The van der Waals surface area contributed by atoms with Gasteiger partial charge in [0.25, 0.3) is 5.56 Å². The summed E-state index contributed by atoms with van der Waals surface area (Å²) >= 11 is 5.99. The van der Waals surface area contributed by atoms with Crippen molar-refractivity contribution in [2.24, 2.45) is 5.92 Å². The number of pyridine rings is 1. The van der Waals surface area contributed by atoms with Crippen LogP contribution in [-0.2, 0) is 0 Å². The first-order valence-corrected chi connectivity index (χ1v) is 10.0. The van der Waals surface area contributed by atoms with Crippen molar-refractivity contribution in [1.29, 1.82) is 0 Å². The van der Waals surface area contributed by atoms with Crippen LogP contribution in [0.1, 0.15) is 38.6 Å². The molecular formula is C21H20ClN5O. The third kappa shape index (κ3) is 2.71. The van der Waals surface area contributed by atoms with Crippen LogP contribution in [0.15, 0.2) is 47.5 Å². The Kier molecular flexibility index (Phi) is 4.16. The van der Waals surface area contributed by atoms with Gasteiger partial charge in [-0.1, -0.05) is 43.5 Å². The second-order valence-electron chi connectivity index (χ2n) is 7.59. The minimum absolute atomic E-state index is 0.0887. The van der Waals surface area contributed by atoms with Gasteiger partial charge in [0.2, 0.25) is 0 Å². The smallest absolute Gasteiger partial charge is 0.280 e. The third-order valence-electron chi connectivity index (χ3n) is 5.87. The van der Waals surface area contributed by atoms with Crippen LogP contribution < -0.4 is 5.56 Å². The minimum Gasteiger partial charge on any atom is -0.310 e. The Balaban J connectivity index is 1.66. The Morgan fingerprint density at radius 2 is 1.86 bits per heavy atom. The number of nitrogens with zero attached hydrogens (tertiary/aromatic N) is 5. The number of halogens is 1. The number of aromatic nitrogens is 5. The molecule has 0 saturated heterocycles. The van der Waals surface area contributed by atoms with Crippen molar-refractivity contribution in [3.63, 3.8) is 0 Å². The van der Waals surface area contributed by atoms with E-state index in [0.717, 1.165) is 30.4 Å². The fraction of sp³-hybridized carbons (Fsp3) is 0.333. The van der Waals surface area contributed by atoms with Crippen molar-refractivity contribution in [3.8, 4) is 11.1 Å². The van der Waals surface area contributed by atoms with Gasteiger partial charge in [-0.25, -0.2) is 4.52 Å². The summed E-state index contributed by atoms with van der Waals surface area (Å²) in [6, 6.07) is 9.67. The highest BCUT2D eigenvalue weighted by Crippen LogP contribution is 2.33. The van der Waals surface area contributed by atoms with Gasteiger partial charge in [0.15, 0.2) is 11.2 Å². The lowest BCUT2D eigenvalue weighted by Gasteiger charge is -2.30. The number of rotatable bonds is 2. The summed E-state index contributed by atoms with van der Waals surface area (Å²) in [6.45, 7) is 2.22. The molecule has 0 bridgehead atoms. The van der Waals surface area contributed by atoms with E-state index in [9.17, 15) is 4.79 Å². The van der Waals surface area contributed by atoms with Gasteiger partial charge in [0.1, 0.15) is 5.52 Å². The van der Waals surface area contributed by atoms with E-state index in [2.05, 4.69) is 22.2 Å². The molecule has 4 aromatic rings. The topological polar surface area (TPSA) is 65.1 Å². The first kappa shape index (κ1) is 17.4. The molecule has 3 aromatic heterocycles. The summed E-state index contributed by atoms with van der Waals surface area (Å²) in [5.74, 6) is 0.488. The van der Waals surface area contributed by atoms with Crippen LogP contribution in [0.5, 0.6) is 0 Å². The monoisotopic (exact) mass is 393 g/mol. The largest absolute Gasteiger partial charge is 0.310 e. The molecule has 1 fully saturated rings. The molecule has 0 N–H and O–H groups in total. The molecule has 0 radical (unpaired) electrons. The Morgan fingerprint density at radius 3 is 2.64 bits per heavy atom. The van der Waals surface area contributed by atoms with Gasteiger partial charge < -0.3 is 4.57 Å². The summed E-state index contributed by atoms with van der Waals surface area (Å²) in [5.41, 5.74) is 3.38. The summed E-state index contributed by atoms with van der Waals surface area (Å²) in [4.78, 5) is 13.1. The van der Waals surface area contributed by atoms with E-state index in [0.29, 0.717) is 27.6 Å². The number of benzene rings is 1. The van der Waals surface area contributed by atoms with Gasteiger partial charge in [-0.15, -0.1) is 10.2 Å². The van der Waals surface area contributed by atoms with Crippen molar-refractivity contribution < 1.29 is 0 Å². The Hall–Kier alpha value is -2.73. The first-order valence-electron chi connectivity index (χ1n) is 9.64. The number of hydrogen-bond acceptors (Lipinski definition) is 4. The van der Waals surface area contributed by atoms with Crippen molar-refractivity contribution >= 4 is 28.3 Å². The molecule has 7 heteroatoms. The molecule has 2 atom stereocenters. The van der Waals surface area contributed by atoms with Crippen LogP contribution in [0.2, 0.25) is 5.02 Å². The molecule has 1 aliphatic carbocycles. The molecule has 1 saturated carbocycles. The molecule has 0 amide bonds. The maximum Gasteiger partial charge on any atom is 0.280 e. The van der Waals surface area contributed by atoms with Crippen molar-refractivity contribution in [1.82, 2.24) is 24.4 Å². The lowest BCUT2D eigenvalue weighted by molar-refractivity contribution is 0.253. The summed E-state index contributed by atoms with van der Waals surface area (Å²) < 4.78 is 3.54. The number of hydrogen-bond donors (Lipinski definition) is 0. The fourth-order valence-electron chi connectivity index (χ4n) is 4.31. The number of fused-ring (bicyclic) bond motifs is 3. The Labute approximate surface area is 166 Å². The maximum absolute atomic E-state index is 13.1. The molecule has 0 aliphatic heterocycles. The van der Waals surface area contributed by atoms with Crippen LogP contribution in [0.4, 0.5) is 0 Å². The van der Waals surface area contributed by atoms with Gasteiger partial charge >= 0.3 is 0 Å². The average Bonchev–Trinajstić information content (AvgIpc) is 3.14. The normalized spacial score (nSPS) is 20.1. The van der Waals surface area contributed by atoms with Gasteiger partial charge in [0, 0.05) is 22.8 Å². The van der Waals surface area contributed by atoms with Crippen LogP contribution >= 0.6 is 11.6 Å². The van der Waals surface area contributed by atoms with E-state index in [1.54, 1.807) is 10.7 Å². The minimum atomic E-state index is -0.0887. The average molecular weight is 394 g/mol. The molecule has 6 nitrogen and oxygen atoms in total. The summed E-state index contributed by atoms with van der Waals surface area (Å²) in [5, 5.41) is 13.8. The standard InChI is InChI=1S/C21H20ClN5O/c1-13-4-2-3-5-17(13)26-11-10-18-19(21(26)28)24-25-20-16(12-23-27(18)20)14-6-8-15(22)9-7-14/h6-13,17H,2-5H2,1H3/t13-,17-/m0/s1. The molecular weight excluding hydrogens is 374 g/mol. The SMILES string of the molecule is C[C@H]1CCCC[C@@H]1n1ccc2c(nnc3c(-c4ccc(Cl)cc4)cnn32)c1=O. The zero-order valence-corrected chi connectivity index (χ0v) is 16.3. The zero-order valence-electron chi connectivity index (χ0n) is 15.5. The third-order valence-corrected chi connectivity index (χ3v) is 6.12. The van der Waals surface area contributed by atoms with Gasteiger partial charge in [0.05, 0.1) is 6.20 Å². The van der Waals surface area contributed by atoms with E-state index in [4.69, 9.17) is 11.6 Å². The second kappa shape index (κ2) is 6.71. The van der Waals surface area contributed by atoms with Crippen LogP contribution in [0.25, 0.3) is 27.8 Å². The van der Waals surface area contributed by atoms with E-state index in [1.165, 1.54) is 6.42 Å². The van der Waals surface area contributed by atoms with Crippen molar-refractivity contribution in [2.75, 3.05) is 0 Å². The van der Waals surface area contributed by atoms with Gasteiger partial charge in [-0.05, 0) is 42.5 Å². The predicted octanol–water partition coefficient (Wildman–Crippen LogP) is 4.51.